The van der Waals surface area contributed by atoms with E-state index in [1.165, 1.54) is 0 Å². The quantitative estimate of drug-likeness (QED) is 0.884. The van der Waals surface area contributed by atoms with E-state index in [0.29, 0.717) is 11.6 Å². The first-order valence-corrected chi connectivity index (χ1v) is 7.79. The average molecular weight is 289 g/mol. The molecule has 0 unspecified atom stereocenters. The predicted molar refractivity (Wildman–Crippen MR) is 80.1 cm³/mol. The fourth-order valence-electron chi connectivity index (χ4n) is 3.38. The molecule has 2 aliphatic rings. The number of rotatable bonds is 2. The van der Waals surface area contributed by atoms with Gasteiger partial charge < -0.3 is 10.0 Å². The summed E-state index contributed by atoms with van der Waals surface area (Å²) in [7, 11) is 0. The Morgan fingerprint density at radius 3 is 2.57 bits per heavy atom. The lowest BCUT2D eigenvalue weighted by molar-refractivity contribution is 0.0315. The molecule has 5 nitrogen and oxygen atoms in total. The molecule has 1 aliphatic heterocycles. The molecule has 2 fully saturated rings. The average Bonchev–Trinajstić information content (AvgIpc) is 2.94. The minimum absolute atomic E-state index is 0.0640. The van der Waals surface area contributed by atoms with Gasteiger partial charge in [-0.1, -0.05) is 0 Å². The topological polar surface area (TPSA) is 56.7 Å². The van der Waals surface area contributed by atoms with E-state index in [9.17, 15) is 9.90 Å². The minimum Gasteiger partial charge on any atom is -0.391 e. The smallest absolute Gasteiger partial charge is 0.255 e. The van der Waals surface area contributed by atoms with Crippen LogP contribution in [0.15, 0.2) is 18.3 Å². The summed E-state index contributed by atoms with van der Waals surface area (Å²) in [6, 6.07) is 4.01. The Bertz CT molecular complexity index is 495. The highest BCUT2D eigenvalue weighted by atomic mass is 16.3. The highest BCUT2D eigenvalue weighted by molar-refractivity contribution is 5.94. The van der Waals surface area contributed by atoms with Gasteiger partial charge in [-0.15, -0.1) is 0 Å². The minimum atomic E-state index is -0.187. The summed E-state index contributed by atoms with van der Waals surface area (Å²) in [6.07, 6.45) is 4.58. The number of carbonyl (C=O) groups is 1. The highest BCUT2D eigenvalue weighted by Gasteiger charge is 2.33. The first-order chi connectivity index (χ1) is 10.1. The van der Waals surface area contributed by atoms with Crippen molar-refractivity contribution in [3.8, 4) is 0 Å². The Morgan fingerprint density at radius 2 is 2.00 bits per heavy atom. The second kappa shape index (κ2) is 6.12. The Balaban J connectivity index is 1.58. The summed E-state index contributed by atoms with van der Waals surface area (Å²) in [6.45, 7) is 5.09. The van der Waals surface area contributed by atoms with E-state index in [4.69, 9.17) is 0 Å². The van der Waals surface area contributed by atoms with Gasteiger partial charge in [0.25, 0.3) is 5.91 Å². The third-order valence-electron chi connectivity index (χ3n) is 4.67. The van der Waals surface area contributed by atoms with Crippen molar-refractivity contribution < 1.29 is 9.90 Å². The lowest BCUT2D eigenvalue weighted by Crippen LogP contribution is -2.53. The Labute approximate surface area is 125 Å². The molecule has 5 heteroatoms. The molecule has 0 radical (unpaired) electrons. The number of nitrogens with zero attached hydrogens (tertiary/aromatic N) is 3. The first-order valence-electron chi connectivity index (χ1n) is 7.79. The molecular formula is C16H23N3O2. The van der Waals surface area contributed by atoms with Crippen molar-refractivity contribution in [2.75, 3.05) is 26.2 Å². The van der Waals surface area contributed by atoms with Crippen LogP contribution in [0, 0.1) is 6.92 Å². The van der Waals surface area contributed by atoms with E-state index in [1.54, 1.807) is 6.20 Å². The van der Waals surface area contributed by atoms with Crippen LogP contribution in [-0.2, 0) is 0 Å². The van der Waals surface area contributed by atoms with Crippen LogP contribution in [0.1, 0.15) is 35.3 Å². The van der Waals surface area contributed by atoms with Crippen molar-refractivity contribution >= 4 is 5.91 Å². The van der Waals surface area contributed by atoms with Crippen LogP contribution in [0.5, 0.6) is 0 Å². The van der Waals surface area contributed by atoms with Crippen molar-refractivity contribution in [1.29, 1.82) is 0 Å². The summed E-state index contributed by atoms with van der Waals surface area (Å²) in [4.78, 5) is 20.8. The third kappa shape index (κ3) is 3.09. The zero-order valence-electron chi connectivity index (χ0n) is 12.5. The number of pyridine rings is 1. The van der Waals surface area contributed by atoms with E-state index in [-0.39, 0.29) is 12.0 Å². The maximum atomic E-state index is 12.4. The van der Waals surface area contributed by atoms with Gasteiger partial charge in [-0.3, -0.25) is 14.7 Å². The van der Waals surface area contributed by atoms with Crippen molar-refractivity contribution in [2.45, 2.75) is 38.3 Å². The number of piperazine rings is 1. The molecule has 1 saturated heterocycles. The molecule has 1 N–H and O–H groups in total. The number of carbonyl (C=O) groups excluding carboxylic acids is 1. The molecule has 0 aromatic carbocycles. The number of aliphatic hydroxyl groups is 1. The van der Waals surface area contributed by atoms with Crippen molar-refractivity contribution in [3.63, 3.8) is 0 Å². The molecule has 21 heavy (non-hydrogen) atoms. The van der Waals surface area contributed by atoms with Gasteiger partial charge in [0.15, 0.2) is 0 Å². The number of hydrogen-bond acceptors (Lipinski definition) is 4. The van der Waals surface area contributed by atoms with Crippen LogP contribution in [0.2, 0.25) is 0 Å². The summed E-state index contributed by atoms with van der Waals surface area (Å²) >= 11 is 0. The van der Waals surface area contributed by atoms with Gasteiger partial charge in [0.05, 0.1) is 11.7 Å². The zero-order chi connectivity index (χ0) is 14.8. The number of amides is 1. The van der Waals surface area contributed by atoms with E-state index in [0.717, 1.165) is 51.1 Å². The fraction of sp³-hybridized carbons (Fsp3) is 0.625. The lowest BCUT2D eigenvalue weighted by atomic mass is 10.1. The molecule has 1 aromatic rings. The van der Waals surface area contributed by atoms with Crippen molar-refractivity contribution in [1.82, 2.24) is 14.8 Å². The molecule has 1 aromatic heterocycles. The van der Waals surface area contributed by atoms with Crippen LogP contribution < -0.4 is 0 Å². The largest absolute Gasteiger partial charge is 0.391 e. The zero-order valence-corrected chi connectivity index (χ0v) is 12.5. The van der Waals surface area contributed by atoms with Crippen LogP contribution in [0.3, 0.4) is 0 Å². The van der Waals surface area contributed by atoms with Gasteiger partial charge in [-0.2, -0.15) is 0 Å². The molecular weight excluding hydrogens is 266 g/mol. The summed E-state index contributed by atoms with van der Waals surface area (Å²) in [5.74, 6) is 0.0640. The standard InChI is InChI=1S/C16H23N3O2/c1-12-5-6-13(11-17-12)16(21)19-9-7-18(8-10-19)14-3-2-4-15(14)20/h5-6,11,14-15,20H,2-4,7-10H2,1H3/t14-,15-/m0/s1. The predicted octanol–water partition coefficient (Wildman–Crippen LogP) is 1.06. The maximum absolute atomic E-state index is 12.4. The second-order valence-electron chi connectivity index (χ2n) is 6.08. The van der Waals surface area contributed by atoms with Gasteiger partial charge >= 0.3 is 0 Å². The molecule has 0 bridgehead atoms. The fourth-order valence-corrected chi connectivity index (χ4v) is 3.38. The van der Waals surface area contributed by atoms with Gasteiger partial charge in [0.1, 0.15) is 0 Å². The van der Waals surface area contributed by atoms with E-state index in [2.05, 4.69) is 9.88 Å². The summed E-state index contributed by atoms with van der Waals surface area (Å²) < 4.78 is 0. The molecule has 1 saturated carbocycles. The van der Waals surface area contributed by atoms with Crippen LogP contribution in [0.4, 0.5) is 0 Å². The number of hydrogen-bond donors (Lipinski definition) is 1. The van der Waals surface area contributed by atoms with Crippen LogP contribution >= 0.6 is 0 Å². The molecule has 0 spiro atoms. The van der Waals surface area contributed by atoms with E-state index < -0.39 is 0 Å². The van der Waals surface area contributed by atoms with Crippen LogP contribution in [-0.4, -0.2) is 64.1 Å². The van der Waals surface area contributed by atoms with Crippen molar-refractivity contribution in [2.24, 2.45) is 0 Å². The van der Waals surface area contributed by atoms with Crippen LogP contribution in [0.25, 0.3) is 0 Å². The number of aromatic nitrogens is 1. The highest BCUT2D eigenvalue weighted by Crippen LogP contribution is 2.25. The number of aryl methyl sites for hydroxylation is 1. The SMILES string of the molecule is Cc1ccc(C(=O)N2CCN([C@H]3CCC[C@@H]3O)CC2)cn1. The normalized spacial score (nSPS) is 27.0. The Hall–Kier alpha value is -1.46. The summed E-state index contributed by atoms with van der Waals surface area (Å²) in [5.41, 5.74) is 1.58. The third-order valence-corrected chi connectivity index (χ3v) is 4.67. The van der Waals surface area contributed by atoms with Gasteiger partial charge in [-0.05, 0) is 38.3 Å². The lowest BCUT2D eigenvalue weighted by Gasteiger charge is -2.39. The monoisotopic (exact) mass is 289 g/mol. The van der Waals surface area contributed by atoms with Crippen molar-refractivity contribution in [3.05, 3.63) is 29.6 Å². The van der Waals surface area contributed by atoms with E-state index in [1.807, 2.05) is 24.0 Å². The second-order valence-corrected chi connectivity index (χ2v) is 6.08. The van der Waals surface area contributed by atoms with Gasteiger partial charge in [0.2, 0.25) is 0 Å². The first kappa shape index (κ1) is 14.5. The molecule has 1 amide bonds. The van der Waals surface area contributed by atoms with Gasteiger partial charge in [0, 0.05) is 44.1 Å². The Kier molecular flexibility index (Phi) is 4.22. The molecule has 3 rings (SSSR count). The molecule has 2 heterocycles. The Morgan fingerprint density at radius 1 is 1.24 bits per heavy atom. The summed E-state index contributed by atoms with van der Waals surface area (Å²) in [5, 5.41) is 9.99. The number of aliphatic hydroxyl groups excluding tert-OH is 1. The molecule has 2 atom stereocenters. The molecule has 1 aliphatic carbocycles. The van der Waals surface area contributed by atoms with E-state index >= 15 is 0 Å². The van der Waals surface area contributed by atoms with Gasteiger partial charge in [-0.25, -0.2) is 0 Å². The molecule has 114 valence electrons. The maximum Gasteiger partial charge on any atom is 0.255 e.